The average molecular weight is 508 g/mol. The number of nitro benzene ring substituents is 1. The van der Waals surface area contributed by atoms with Crippen molar-refractivity contribution in [1.82, 2.24) is 25.5 Å². The molecular formula is C22H33N7O7. The molecule has 2 heterocycles. The second-order valence-electron chi connectivity index (χ2n) is 8.77. The van der Waals surface area contributed by atoms with E-state index in [2.05, 4.69) is 20.7 Å². The number of nitrogens with two attached hydrogens (primary N) is 1. The number of rotatable bonds is 13. The van der Waals surface area contributed by atoms with Crippen molar-refractivity contribution in [3.8, 4) is 11.4 Å². The van der Waals surface area contributed by atoms with Crippen molar-refractivity contribution in [2.24, 2.45) is 11.7 Å². The number of tetrazole rings is 1. The summed E-state index contributed by atoms with van der Waals surface area (Å²) in [6.07, 6.45) is -2.49. The lowest BCUT2D eigenvalue weighted by atomic mass is 9.99. The van der Waals surface area contributed by atoms with Crippen LogP contribution in [0, 0.1) is 16.0 Å². The fraction of sp³-hybridized carbons (Fsp3) is 0.636. The number of amides is 1. The summed E-state index contributed by atoms with van der Waals surface area (Å²) in [6.45, 7) is 4.68. The molecule has 6 atom stereocenters. The van der Waals surface area contributed by atoms with E-state index in [1.165, 1.54) is 29.1 Å². The number of aliphatic hydroxyl groups is 2. The Morgan fingerprint density at radius 1 is 1.31 bits per heavy atom. The predicted molar refractivity (Wildman–Crippen MR) is 126 cm³/mol. The van der Waals surface area contributed by atoms with Gasteiger partial charge in [-0.3, -0.25) is 14.9 Å². The highest BCUT2D eigenvalue weighted by molar-refractivity contribution is 5.81. The average Bonchev–Trinajstić information content (AvgIpc) is 3.46. The molecule has 1 aliphatic rings. The van der Waals surface area contributed by atoms with Gasteiger partial charge in [0.15, 0.2) is 0 Å². The van der Waals surface area contributed by atoms with Gasteiger partial charge in [-0.15, -0.1) is 10.2 Å². The fourth-order valence-corrected chi connectivity index (χ4v) is 3.71. The third kappa shape index (κ3) is 7.01. The minimum absolute atomic E-state index is 0.0360. The van der Waals surface area contributed by atoms with Gasteiger partial charge in [0, 0.05) is 24.2 Å². The van der Waals surface area contributed by atoms with Crippen molar-refractivity contribution in [2.45, 2.75) is 63.7 Å². The lowest BCUT2D eigenvalue weighted by Crippen LogP contribution is -2.45. The molecule has 14 nitrogen and oxygen atoms in total. The highest BCUT2D eigenvalue weighted by Crippen LogP contribution is 2.24. The number of non-ortho nitro benzene ring substituents is 1. The molecule has 5 N–H and O–H groups in total. The molecule has 0 radical (unpaired) electrons. The zero-order valence-corrected chi connectivity index (χ0v) is 20.3. The van der Waals surface area contributed by atoms with Gasteiger partial charge in [-0.1, -0.05) is 20.3 Å². The number of aryl methyl sites for hydroxylation is 1. The molecule has 1 fully saturated rings. The SMILES string of the molecule is CC[C@H](C)[C@H](N)C(=O)NCCOC[C@H]1O[C@@H](CCn2nnc(-c3ccc([N+](=O)[O-])cc3)n2)[C@H](O)[C@@H]1O. The van der Waals surface area contributed by atoms with Gasteiger partial charge in [0.2, 0.25) is 11.7 Å². The summed E-state index contributed by atoms with van der Waals surface area (Å²) in [5.41, 5.74) is 6.42. The Morgan fingerprint density at radius 2 is 2.00 bits per heavy atom. The van der Waals surface area contributed by atoms with E-state index in [4.69, 9.17) is 15.2 Å². The molecule has 1 aliphatic heterocycles. The Bertz CT molecular complexity index is 1000. The number of carbonyl (C=O) groups is 1. The number of ether oxygens (including phenoxy) is 2. The van der Waals surface area contributed by atoms with E-state index < -0.39 is 35.4 Å². The summed E-state index contributed by atoms with van der Waals surface area (Å²) < 4.78 is 11.3. The normalized spacial score (nSPS) is 23.4. The summed E-state index contributed by atoms with van der Waals surface area (Å²) in [5.74, 6) is 0.147. The topological polar surface area (TPSA) is 201 Å². The summed E-state index contributed by atoms with van der Waals surface area (Å²) in [4.78, 5) is 23.6. The van der Waals surface area contributed by atoms with Crippen LogP contribution in [-0.4, -0.2) is 91.5 Å². The van der Waals surface area contributed by atoms with Crippen LogP contribution >= 0.6 is 0 Å². The number of nitrogens with zero attached hydrogens (tertiary/aromatic N) is 5. The first kappa shape index (κ1) is 27.5. The number of benzene rings is 1. The Balaban J connectivity index is 1.40. The van der Waals surface area contributed by atoms with Crippen LogP contribution in [0.5, 0.6) is 0 Å². The molecule has 1 saturated heterocycles. The van der Waals surface area contributed by atoms with Gasteiger partial charge in [0.05, 0.1) is 36.8 Å². The number of hydrogen-bond donors (Lipinski definition) is 4. The van der Waals surface area contributed by atoms with E-state index in [-0.39, 0.29) is 43.8 Å². The third-order valence-electron chi connectivity index (χ3n) is 6.25. The second-order valence-corrected chi connectivity index (χ2v) is 8.77. The molecule has 1 aromatic heterocycles. The number of hydrogen-bond acceptors (Lipinski definition) is 11. The van der Waals surface area contributed by atoms with Crippen LogP contribution in [0.25, 0.3) is 11.4 Å². The van der Waals surface area contributed by atoms with Gasteiger partial charge in [-0.05, 0) is 29.7 Å². The van der Waals surface area contributed by atoms with Gasteiger partial charge in [-0.25, -0.2) is 0 Å². The minimum atomic E-state index is -1.12. The fourth-order valence-electron chi connectivity index (χ4n) is 3.71. The second kappa shape index (κ2) is 12.8. The highest BCUT2D eigenvalue weighted by atomic mass is 16.6. The Hall–Kier alpha value is -3.04. The lowest BCUT2D eigenvalue weighted by Gasteiger charge is -2.18. The molecule has 1 aromatic carbocycles. The van der Waals surface area contributed by atoms with Crippen LogP contribution in [0.1, 0.15) is 26.7 Å². The maximum Gasteiger partial charge on any atom is 0.269 e. The molecular weight excluding hydrogens is 474 g/mol. The zero-order valence-electron chi connectivity index (χ0n) is 20.3. The molecule has 198 valence electrons. The molecule has 14 heteroatoms. The number of aromatic nitrogens is 4. The van der Waals surface area contributed by atoms with Gasteiger partial charge in [0.25, 0.3) is 5.69 Å². The smallest absolute Gasteiger partial charge is 0.269 e. The van der Waals surface area contributed by atoms with Crippen LogP contribution in [0.4, 0.5) is 5.69 Å². The van der Waals surface area contributed by atoms with Crippen molar-refractivity contribution < 1.29 is 29.4 Å². The summed E-state index contributed by atoms with van der Waals surface area (Å²) in [5, 5.41) is 46.3. The maximum absolute atomic E-state index is 12.0. The monoisotopic (exact) mass is 507 g/mol. The lowest BCUT2D eigenvalue weighted by molar-refractivity contribution is -0.384. The van der Waals surface area contributed by atoms with E-state index in [9.17, 15) is 25.1 Å². The van der Waals surface area contributed by atoms with Gasteiger partial charge >= 0.3 is 0 Å². The van der Waals surface area contributed by atoms with Crippen LogP contribution in [-0.2, 0) is 20.8 Å². The van der Waals surface area contributed by atoms with Crippen LogP contribution in [0.2, 0.25) is 0 Å². The van der Waals surface area contributed by atoms with E-state index in [1.807, 2.05) is 13.8 Å². The van der Waals surface area contributed by atoms with Crippen LogP contribution < -0.4 is 11.1 Å². The number of carbonyl (C=O) groups excluding carboxylic acids is 1. The van der Waals surface area contributed by atoms with Crippen molar-refractivity contribution >= 4 is 11.6 Å². The van der Waals surface area contributed by atoms with Crippen LogP contribution in [0.15, 0.2) is 24.3 Å². The van der Waals surface area contributed by atoms with E-state index >= 15 is 0 Å². The Morgan fingerprint density at radius 3 is 2.67 bits per heavy atom. The first-order valence-electron chi connectivity index (χ1n) is 11.9. The highest BCUT2D eigenvalue weighted by Gasteiger charge is 2.42. The third-order valence-corrected chi connectivity index (χ3v) is 6.25. The summed E-state index contributed by atoms with van der Waals surface area (Å²) in [6, 6.07) is 5.22. The molecule has 2 aromatic rings. The van der Waals surface area contributed by atoms with Gasteiger partial charge in [0.1, 0.15) is 18.3 Å². The van der Waals surface area contributed by atoms with Gasteiger partial charge < -0.3 is 30.7 Å². The molecule has 0 spiro atoms. The molecule has 1 amide bonds. The number of aliphatic hydroxyl groups excluding tert-OH is 2. The van der Waals surface area contributed by atoms with Crippen molar-refractivity contribution in [1.29, 1.82) is 0 Å². The van der Waals surface area contributed by atoms with E-state index in [0.717, 1.165) is 6.42 Å². The molecule has 0 unspecified atom stereocenters. The number of nitro groups is 1. The Kier molecular flexibility index (Phi) is 9.78. The largest absolute Gasteiger partial charge is 0.388 e. The van der Waals surface area contributed by atoms with Crippen molar-refractivity contribution in [3.05, 3.63) is 34.4 Å². The standard InChI is InChI=1S/C22H33N7O7/c1-3-13(2)18(23)22(32)24-9-11-35-12-17-20(31)19(30)16(36-17)8-10-28-26-21(25-27-28)14-4-6-15(7-5-14)29(33)34/h4-7,13,16-20,30-31H,3,8-12,23H2,1-2H3,(H,24,32)/t13-,16-,17+,18-,19-,20+/m0/s1. The first-order chi connectivity index (χ1) is 17.2. The Labute approximate surface area is 207 Å². The number of nitrogens with one attached hydrogen (secondary N) is 1. The zero-order chi connectivity index (χ0) is 26.2. The van der Waals surface area contributed by atoms with E-state index in [1.54, 1.807) is 0 Å². The molecule has 3 rings (SSSR count). The maximum atomic E-state index is 12.0. The van der Waals surface area contributed by atoms with Crippen LogP contribution in [0.3, 0.4) is 0 Å². The minimum Gasteiger partial charge on any atom is -0.388 e. The van der Waals surface area contributed by atoms with E-state index in [0.29, 0.717) is 17.8 Å². The molecule has 0 saturated carbocycles. The molecule has 36 heavy (non-hydrogen) atoms. The predicted octanol–water partition coefficient (Wildman–Crippen LogP) is -0.366. The first-order valence-corrected chi connectivity index (χ1v) is 11.9. The molecule has 0 aliphatic carbocycles. The quantitative estimate of drug-likeness (QED) is 0.157. The summed E-state index contributed by atoms with van der Waals surface area (Å²) in [7, 11) is 0. The van der Waals surface area contributed by atoms with Gasteiger partial charge in [-0.2, -0.15) is 4.80 Å². The van der Waals surface area contributed by atoms with Crippen molar-refractivity contribution in [2.75, 3.05) is 19.8 Å². The molecule has 0 bridgehead atoms. The van der Waals surface area contributed by atoms with Crippen molar-refractivity contribution in [3.63, 3.8) is 0 Å². The summed E-state index contributed by atoms with van der Waals surface area (Å²) >= 11 is 0.